The first-order chi connectivity index (χ1) is 13.0. The molecular weight excluding hydrogens is 340 g/mol. The number of carbonyl (C=O) groups is 1. The zero-order chi connectivity index (χ0) is 19.4. The molecular formula is C22H24N2O3. The molecule has 1 heterocycles. The summed E-state index contributed by atoms with van der Waals surface area (Å²) in [5.41, 5.74) is 1.29. The van der Waals surface area contributed by atoms with Crippen molar-refractivity contribution in [1.29, 1.82) is 0 Å². The van der Waals surface area contributed by atoms with E-state index < -0.39 is 0 Å². The molecule has 0 amide bonds. The van der Waals surface area contributed by atoms with Gasteiger partial charge >= 0.3 is 0 Å². The van der Waals surface area contributed by atoms with Crippen molar-refractivity contribution in [2.24, 2.45) is 5.92 Å². The van der Waals surface area contributed by atoms with Gasteiger partial charge in [-0.3, -0.25) is 9.59 Å². The van der Waals surface area contributed by atoms with E-state index >= 15 is 0 Å². The smallest absolute Gasteiger partial charge is 0.278 e. The molecule has 1 N–H and O–H groups in total. The van der Waals surface area contributed by atoms with Crippen molar-refractivity contribution in [1.82, 2.24) is 9.36 Å². The molecule has 0 saturated carbocycles. The van der Waals surface area contributed by atoms with Gasteiger partial charge in [0.1, 0.15) is 5.78 Å². The lowest BCUT2D eigenvalue weighted by atomic mass is 10.0. The summed E-state index contributed by atoms with van der Waals surface area (Å²) in [6.45, 7) is 3.98. The monoisotopic (exact) mass is 364 g/mol. The fraction of sp³-hybridized carbons (Fsp3) is 0.273. The Labute approximate surface area is 158 Å². The van der Waals surface area contributed by atoms with E-state index in [0.29, 0.717) is 17.8 Å². The number of para-hydroxylation sites is 2. The molecule has 0 bridgehead atoms. The molecule has 3 aromatic rings. The molecule has 5 heteroatoms. The second-order valence-corrected chi connectivity index (χ2v) is 7.04. The number of aromatic nitrogens is 2. The quantitative estimate of drug-likeness (QED) is 0.692. The zero-order valence-corrected chi connectivity index (χ0v) is 15.6. The minimum absolute atomic E-state index is 0.0996. The molecule has 5 nitrogen and oxygen atoms in total. The van der Waals surface area contributed by atoms with E-state index in [1.807, 2.05) is 74.5 Å². The Kier molecular flexibility index (Phi) is 5.60. The molecule has 0 saturated heterocycles. The molecule has 0 spiro atoms. The van der Waals surface area contributed by atoms with Gasteiger partial charge in [-0.2, -0.15) is 0 Å². The largest absolute Gasteiger partial charge is 0.493 e. The van der Waals surface area contributed by atoms with Crippen molar-refractivity contribution >= 4 is 5.78 Å². The lowest BCUT2D eigenvalue weighted by molar-refractivity contribution is -0.119. The number of Topliss-reactive ketones (excluding diaryl/α,β-unsaturated/α-hetero) is 1. The van der Waals surface area contributed by atoms with Crippen molar-refractivity contribution < 1.29 is 9.90 Å². The number of benzene rings is 2. The third-order valence-electron chi connectivity index (χ3n) is 4.41. The number of hydrogen-bond acceptors (Lipinski definition) is 3. The van der Waals surface area contributed by atoms with Gasteiger partial charge in [-0.25, -0.2) is 9.36 Å². The highest BCUT2D eigenvalue weighted by molar-refractivity contribution is 5.78. The Morgan fingerprint density at radius 1 is 0.926 bits per heavy atom. The van der Waals surface area contributed by atoms with Crippen LogP contribution in [0.5, 0.6) is 5.88 Å². The highest BCUT2D eigenvalue weighted by atomic mass is 16.3. The highest BCUT2D eigenvalue weighted by Gasteiger charge is 2.22. The van der Waals surface area contributed by atoms with Crippen molar-refractivity contribution in [2.45, 2.75) is 33.1 Å². The van der Waals surface area contributed by atoms with Crippen LogP contribution in [0.1, 0.15) is 32.3 Å². The molecule has 0 aliphatic heterocycles. The summed E-state index contributed by atoms with van der Waals surface area (Å²) < 4.78 is 2.95. The number of aromatic hydroxyl groups is 1. The molecule has 0 atom stereocenters. The van der Waals surface area contributed by atoms with E-state index in [2.05, 4.69) is 0 Å². The number of ketones is 1. The standard InChI is InChI=1S/C22H24N2O3/c1-16(2)15-19(25)13-14-20-21(26)23(17-9-5-3-6-10-17)24(22(20)27)18-11-7-4-8-12-18/h3-12,16,26H,13-15H2,1-2H3. The topological polar surface area (TPSA) is 64.2 Å². The fourth-order valence-electron chi connectivity index (χ4n) is 3.19. The number of nitrogens with zero attached hydrogens (tertiary/aromatic N) is 2. The van der Waals surface area contributed by atoms with Crippen LogP contribution in [0.25, 0.3) is 11.4 Å². The SMILES string of the molecule is CC(C)CC(=O)CCc1c(O)n(-c2ccccc2)n(-c2ccccc2)c1=O. The van der Waals surface area contributed by atoms with Crippen LogP contribution in [0, 0.1) is 5.92 Å². The fourth-order valence-corrected chi connectivity index (χ4v) is 3.19. The van der Waals surface area contributed by atoms with Gasteiger partial charge in [-0.05, 0) is 36.6 Å². The Morgan fingerprint density at radius 2 is 1.44 bits per heavy atom. The Hall–Kier alpha value is -3.08. The third kappa shape index (κ3) is 4.03. The maximum Gasteiger partial charge on any atom is 0.278 e. The second-order valence-electron chi connectivity index (χ2n) is 7.04. The first kappa shape index (κ1) is 18.7. The van der Waals surface area contributed by atoms with Gasteiger partial charge in [0.25, 0.3) is 5.56 Å². The molecule has 27 heavy (non-hydrogen) atoms. The maximum absolute atomic E-state index is 13.1. The Balaban J connectivity index is 2.07. The van der Waals surface area contributed by atoms with E-state index in [-0.39, 0.29) is 41.5 Å². The molecule has 0 radical (unpaired) electrons. The molecule has 0 unspecified atom stereocenters. The normalized spacial score (nSPS) is 11.1. The molecule has 3 rings (SSSR count). The van der Waals surface area contributed by atoms with Crippen LogP contribution in [-0.4, -0.2) is 20.3 Å². The van der Waals surface area contributed by atoms with Crippen molar-refractivity contribution in [3.8, 4) is 17.3 Å². The summed E-state index contributed by atoms with van der Waals surface area (Å²) in [7, 11) is 0. The summed E-state index contributed by atoms with van der Waals surface area (Å²) in [4.78, 5) is 25.2. The Bertz CT molecular complexity index is 970. The maximum atomic E-state index is 13.1. The summed E-state index contributed by atoms with van der Waals surface area (Å²) in [5.74, 6) is 0.260. The highest BCUT2D eigenvalue weighted by Crippen LogP contribution is 2.24. The predicted molar refractivity (Wildman–Crippen MR) is 106 cm³/mol. The van der Waals surface area contributed by atoms with E-state index in [1.54, 1.807) is 0 Å². The van der Waals surface area contributed by atoms with E-state index in [9.17, 15) is 14.7 Å². The van der Waals surface area contributed by atoms with E-state index in [0.717, 1.165) is 0 Å². The van der Waals surface area contributed by atoms with Crippen molar-refractivity contribution in [3.05, 3.63) is 76.6 Å². The predicted octanol–water partition coefficient (Wildman–Crippen LogP) is 3.88. The number of carbonyl (C=O) groups excluding carboxylic acids is 1. The van der Waals surface area contributed by atoms with Crippen LogP contribution in [-0.2, 0) is 11.2 Å². The van der Waals surface area contributed by atoms with Crippen molar-refractivity contribution in [2.75, 3.05) is 0 Å². The van der Waals surface area contributed by atoms with E-state index in [4.69, 9.17) is 0 Å². The third-order valence-corrected chi connectivity index (χ3v) is 4.41. The van der Waals surface area contributed by atoms with Crippen LogP contribution in [0.3, 0.4) is 0 Å². The van der Waals surface area contributed by atoms with Crippen LogP contribution in [0.15, 0.2) is 65.5 Å². The lowest BCUT2D eigenvalue weighted by Crippen LogP contribution is -2.22. The van der Waals surface area contributed by atoms with Gasteiger partial charge in [0, 0.05) is 12.8 Å². The average Bonchev–Trinajstić information content (AvgIpc) is 2.91. The van der Waals surface area contributed by atoms with Gasteiger partial charge in [0.05, 0.1) is 16.9 Å². The van der Waals surface area contributed by atoms with Crippen molar-refractivity contribution in [3.63, 3.8) is 0 Å². The summed E-state index contributed by atoms with van der Waals surface area (Å²) in [6.07, 6.45) is 0.949. The lowest BCUT2D eigenvalue weighted by Gasteiger charge is -2.12. The van der Waals surface area contributed by atoms with Gasteiger partial charge in [0.2, 0.25) is 5.88 Å². The number of hydrogen-bond donors (Lipinski definition) is 1. The molecule has 140 valence electrons. The van der Waals surface area contributed by atoms with Gasteiger partial charge in [0.15, 0.2) is 0 Å². The molecule has 0 fully saturated rings. The first-order valence-corrected chi connectivity index (χ1v) is 9.17. The van der Waals surface area contributed by atoms with Crippen LogP contribution in [0.2, 0.25) is 0 Å². The van der Waals surface area contributed by atoms with Gasteiger partial charge in [-0.15, -0.1) is 0 Å². The van der Waals surface area contributed by atoms with E-state index in [1.165, 1.54) is 9.36 Å². The summed E-state index contributed by atoms with van der Waals surface area (Å²) in [5, 5.41) is 10.8. The average molecular weight is 364 g/mol. The molecule has 0 aliphatic rings. The summed E-state index contributed by atoms with van der Waals surface area (Å²) in [6, 6.07) is 18.4. The summed E-state index contributed by atoms with van der Waals surface area (Å²) >= 11 is 0. The molecule has 1 aromatic heterocycles. The van der Waals surface area contributed by atoms with Gasteiger partial charge in [-0.1, -0.05) is 50.2 Å². The molecule has 2 aromatic carbocycles. The first-order valence-electron chi connectivity index (χ1n) is 9.17. The second kappa shape index (κ2) is 8.08. The van der Waals surface area contributed by atoms with Gasteiger partial charge < -0.3 is 5.11 Å². The van der Waals surface area contributed by atoms with Crippen LogP contribution in [0.4, 0.5) is 0 Å². The van der Waals surface area contributed by atoms with Crippen LogP contribution < -0.4 is 5.56 Å². The zero-order valence-electron chi connectivity index (χ0n) is 15.6. The van der Waals surface area contributed by atoms with Crippen LogP contribution >= 0.6 is 0 Å². The Morgan fingerprint density at radius 3 is 1.96 bits per heavy atom. The number of rotatable bonds is 7. The minimum Gasteiger partial charge on any atom is -0.493 e. The minimum atomic E-state index is -0.306. The molecule has 0 aliphatic carbocycles.